The summed E-state index contributed by atoms with van der Waals surface area (Å²) in [6.45, 7) is 3.34. The van der Waals surface area contributed by atoms with Crippen molar-refractivity contribution in [2.75, 3.05) is 10.6 Å². The number of amides is 2. The van der Waals surface area contributed by atoms with Gasteiger partial charge in [0, 0.05) is 11.4 Å². The molecular formula is C22H22FN3O5S. The Hall–Kier alpha value is -3.50. The van der Waals surface area contributed by atoms with Crippen molar-refractivity contribution < 1.29 is 26.8 Å². The van der Waals surface area contributed by atoms with Crippen LogP contribution in [0, 0.1) is 11.7 Å². The minimum Gasteiger partial charge on any atom is -0.459 e. The number of benzene rings is 2. The van der Waals surface area contributed by atoms with Crippen LogP contribution >= 0.6 is 0 Å². The highest BCUT2D eigenvalue weighted by atomic mass is 32.2. The number of nitrogens with one attached hydrogen (secondary N) is 3. The lowest BCUT2D eigenvalue weighted by molar-refractivity contribution is -0.118. The molecule has 0 aliphatic carbocycles. The first kappa shape index (κ1) is 23.2. The van der Waals surface area contributed by atoms with Gasteiger partial charge in [-0.2, -0.15) is 4.72 Å². The van der Waals surface area contributed by atoms with Crippen LogP contribution in [0.4, 0.5) is 15.8 Å². The van der Waals surface area contributed by atoms with Crippen LogP contribution in [0.15, 0.2) is 76.2 Å². The second-order valence-corrected chi connectivity index (χ2v) is 8.95. The van der Waals surface area contributed by atoms with E-state index in [1.807, 2.05) is 0 Å². The third-order valence-electron chi connectivity index (χ3n) is 4.51. The summed E-state index contributed by atoms with van der Waals surface area (Å²) in [5, 5.41) is 5.28. The van der Waals surface area contributed by atoms with Crippen molar-refractivity contribution in [3.63, 3.8) is 0 Å². The molecule has 0 saturated heterocycles. The quantitative estimate of drug-likeness (QED) is 0.476. The molecule has 32 heavy (non-hydrogen) atoms. The molecule has 0 radical (unpaired) electrons. The molecule has 3 aromatic rings. The van der Waals surface area contributed by atoms with E-state index in [9.17, 15) is 22.4 Å². The molecule has 10 heteroatoms. The van der Waals surface area contributed by atoms with Crippen molar-refractivity contribution in [2.45, 2.75) is 24.8 Å². The van der Waals surface area contributed by atoms with Gasteiger partial charge in [-0.15, -0.1) is 0 Å². The zero-order valence-corrected chi connectivity index (χ0v) is 18.1. The molecule has 8 nitrogen and oxygen atoms in total. The summed E-state index contributed by atoms with van der Waals surface area (Å²) in [6.07, 6.45) is 1.39. The summed E-state index contributed by atoms with van der Waals surface area (Å²) in [5.74, 6) is -2.19. The number of rotatable bonds is 8. The molecule has 2 aromatic carbocycles. The minimum absolute atomic E-state index is 0.157. The van der Waals surface area contributed by atoms with Gasteiger partial charge in [-0.25, -0.2) is 12.8 Å². The van der Waals surface area contributed by atoms with Crippen LogP contribution < -0.4 is 15.4 Å². The average Bonchev–Trinajstić information content (AvgIpc) is 3.28. The fraction of sp³-hybridized carbons (Fsp3) is 0.182. The zero-order valence-electron chi connectivity index (χ0n) is 17.3. The van der Waals surface area contributed by atoms with Gasteiger partial charge < -0.3 is 15.1 Å². The predicted octanol–water partition coefficient (Wildman–Crippen LogP) is 3.61. The molecule has 3 rings (SSSR count). The largest absolute Gasteiger partial charge is 0.459 e. The van der Waals surface area contributed by atoms with E-state index in [0.29, 0.717) is 11.4 Å². The predicted molar refractivity (Wildman–Crippen MR) is 117 cm³/mol. The third kappa shape index (κ3) is 5.59. The maximum absolute atomic E-state index is 13.9. The molecule has 0 aliphatic rings. The van der Waals surface area contributed by atoms with Gasteiger partial charge in [0.05, 0.1) is 6.26 Å². The fourth-order valence-corrected chi connectivity index (χ4v) is 4.27. The number of halogens is 1. The summed E-state index contributed by atoms with van der Waals surface area (Å²) in [5.41, 5.74) is 0.867. The monoisotopic (exact) mass is 459 g/mol. The third-order valence-corrected chi connectivity index (χ3v) is 5.99. The van der Waals surface area contributed by atoms with E-state index in [1.54, 1.807) is 44.2 Å². The van der Waals surface area contributed by atoms with Crippen LogP contribution in [-0.4, -0.2) is 26.3 Å². The Morgan fingerprint density at radius 3 is 2.09 bits per heavy atom. The summed E-state index contributed by atoms with van der Waals surface area (Å²) in [7, 11) is -4.26. The van der Waals surface area contributed by atoms with E-state index in [2.05, 4.69) is 15.4 Å². The topological polar surface area (TPSA) is 118 Å². The number of furan rings is 1. The van der Waals surface area contributed by atoms with Crippen molar-refractivity contribution in [2.24, 2.45) is 5.92 Å². The highest BCUT2D eigenvalue weighted by Gasteiger charge is 2.29. The van der Waals surface area contributed by atoms with Gasteiger partial charge in [0.1, 0.15) is 16.8 Å². The van der Waals surface area contributed by atoms with E-state index in [1.165, 1.54) is 24.5 Å². The van der Waals surface area contributed by atoms with Crippen LogP contribution in [-0.2, 0) is 14.8 Å². The van der Waals surface area contributed by atoms with E-state index in [0.717, 1.165) is 12.1 Å². The number of carbonyl (C=O) groups excluding carboxylic acids is 2. The van der Waals surface area contributed by atoms with Gasteiger partial charge in [0.2, 0.25) is 15.9 Å². The highest BCUT2D eigenvalue weighted by Crippen LogP contribution is 2.18. The zero-order chi connectivity index (χ0) is 23.3. The van der Waals surface area contributed by atoms with Crippen LogP contribution in [0.2, 0.25) is 0 Å². The number of sulfonamides is 1. The fourth-order valence-electron chi connectivity index (χ4n) is 2.84. The van der Waals surface area contributed by atoms with Crippen LogP contribution in [0.3, 0.4) is 0 Å². The number of hydrogen-bond acceptors (Lipinski definition) is 5. The van der Waals surface area contributed by atoms with Crippen LogP contribution in [0.5, 0.6) is 0 Å². The first-order valence-corrected chi connectivity index (χ1v) is 11.2. The van der Waals surface area contributed by atoms with Gasteiger partial charge in [-0.1, -0.05) is 26.0 Å². The standard InChI is InChI=1S/C22H22FN3O5S/c1-14(2)20(26-32(29,30)19-8-4-3-6-17(19)23)22(28)25-16-11-9-15(10-12-16)24-21(27)18-7-5-13-31-18/h3-14,20,26H,1-2H3,(H,24,27)(H,25,28)/t20-/m0/s1. The van der Waals surface area contributed by atoms with Gasteiger partial charge in [0.25, 0.3) is 5.91 Å². The molecule has 0 spiro atoms. The number of hydrogen-bond donors (Lipinski definition) is 3. The van der Waals surface area contributed by atoms with Gasteiger partial charge in [-0.05, 0) is 54.4 Å². The average molecular weight is 459 g/mol. The Bertz CT molecular complexity index is 1190. The molecule has 1 atom stereocenters. The van der Waals surface area contributed by atoms with E-state index >= 15 is 0 Å². The second kappa shape index (κ2) is 9.75. The molecule has 1 aromatic heterocycles. The molecular weight excluding hydrogens is 437 g/mol. The Morgan fingerprint density at radius 1 is 0.906 bits per heavy atom. The van der Waals surface area contributed by atoms with Crippen molar-refractivity contribution in [1.29, 1.82) is 0 Å². The van der Waals surface area contributed by atoms with Crippen LogP contribution in [0.25, 0.3) is 0 Å². The Kier molecular flexibility index (Phi) is 7.06. The maximum Gasteiger partial charge on any atom is 0.291 e. The van der Waals surface area contributed by atoms with Crippen LogP contribution in [0.1, 0.15) is 24.4 Å². The number of anilines is 2. The molecule has 0 unspecified atom stereocenters. The van der Waals surface area contributed by atoms with Gasteiger partial charge in [0.15, 0.2) is 5.76 Å². The molecule has 1 heterocycles. The minimum atomic E-state index is -4.26. The first-order valence-electron chi connectivity index (χ1n) is 9.70. The second-order valence-electron chi connectivity index (χ2n) is 7.27. The van der Waals surface area contributed by atoms with Crippen molar-refractivity contribution in [1.82, 2.24) is 4.72 Å². The Balaban J connectivity index is 1.68. The number of carbonyl (C=O) groups is 2. The molecule has 2 amide bonds. The van der Waals surface area contributed by atoms with Gasteiger partial charge >= 0.3 is 0 Å². The Morgan fingerprint density at radius 2 is 1.53 bits per heavy atom. The summed E-state index contributed by atoms with van der Waals surface area (Å²) in [6, 6.07) is 13.2. The summed E-state index contributed by atoms with van der Waals surface area (Å²) < 4.78 is 46.4. The lowest BCUT2D eigenvalue weighted by Gasteiger charge is -2.22. The molecule has 3 N–H and O–H groups in total. The first-order chi connectivity index (χ1) is 15.2. The van der Waals surface area contributed by atoms with Crippen molar-refractivity contribution in [3.8, 4) is 0 Å². The van der Waals surface area contributed by atoms with Crippen molar-refractivity contribution in [3.05, 3.63) is 78.5 Å². The van der Waals surface area contributed by atoms with Gasteiger partial charge in [-0.3, -0.25) is 9.59 Å². The van der Waals surface area contributed by atoms with E-state index in [-0.39, 0.29) is 5.76 Å². The lowest BCUT2D eigenvalue weighted by Crippen LogP contribution is -2.47. The molecule has 0 bridgehead atoms. The molecule has 0 saturated carbocycles. The smallest absolute Gasteiger partial charge is 0.291 e. The lowest BCUT2D eigenvalue weighted by atomic mass is 10.0. The Labute approximate surface area is 184 Å². The molecule has 0 aliphatic heterocycles. The highest BCUT2D eigenvalue weighted by molar-refractivity contribution is 7.89. The maximum atomic E-state index is 13.9. The van der Waals surface area contributed by atoms with E-state index in [4.69, 9.17) is 4.42 Å². The summed E-state index contributed by atoms with van der Waals surface area (Å²) >= 11 is 0. The summed E-state index contributed by atoms with van der Waals surface area (Å²) in [4.78, 5) is 24.2. The van der Waals surface area contributed by atoms with Crippen molar-refractivity contribution >= 4 is 33.2 Å². The molecule has 0 fully saturated rings. The van der Waals surface area contributed by atoms with E-state index < -0.39 is 44.5 Å². The molecule has 168 valence electrons. The SMILES string of the molecule is CC(C)[C@H](NS(=O)(=O)c1ccccc1F)C(=O)Nc1ccc(NC(=O)c2ccco2)cc1. The normalized spacial score (nSPS) is 12.4.